The second-order valence-electron chi connectivity index (χ2n) is 7.25. The molecule has 162 valence electrons. The topological polar surface area (TPSA) is 52.9 Å². The van der Waals surface area contributed by atoms with E-state index in [1.165, 1.54) is 6.08 Å². The average Bonchev–Trinajstić information content (AvgIpc) is 3.19. The molecular weight excluding hydrogens is 416 g/mol. The largest absolute Gasteiger partial charge is 0.493 e. The Morgan fingerprint density at radius 2 is 1.97 bits per heavy atom. The number of carbonyl (C=O) groups excluding carboxylic acids is 1. The molecule has 0 amide bonds. The minimum absolute atomic E-state index is 0.150. The summed E-state index contributed by atoms with van der Waals surface area (Å²) in [6.45, 7) is 4.77. The average molecular weight is 441 g/mol. The molecule has 3 aromatic rings. The molecule has 0 spiro atoms. The first-order chi connectivity index (χ1) is 15.2. The molecule has 0 bridgehead atoms. The van der Waals surface area contributed by atoms with E-state index in [-0.39, 0.29) is 5.78 Å². The highest BCUT2D eigenvalue weighted by Gasteiger charge is 2.13. The number of rotatable bonds is 8. The molecule has 1 aliphatic rings. The second-order valence-corrected chi connectivity index (χ2v) is 7.65. The van der Waals surface area contributed by atoms with Gasteiger partial charge in [0.2, 0.25) is 0 Å². The molecule has 0 radical (unpaired) electrons. The Kier molecular flexibility index (Phi) is 6.92. The highest BCUT2D eigenvalue weighted by molar-refractivity contribution is 6.34. The molecule has 0 saturated carbocycles. The molecule has 0 aliphatic carbocycles. The van der Waals surface area contributed by atoms with E-state index in [2.05, 4.69) is 4.90 Å². The Hall–Kier alpha value is -2.80. The van der Waals surface area contributed by atoms with E-state index in [9.17, 15) is 4.79 Å². The molecule has 31 heavy (non-hydrogen) atoms. The van der Waals surface area contributed by atoms with Gasteiger partial charge in [-0.3, -0.25) is 9.69 Å². The molecule has 4 rings (SSSR count). The van der Waals surface area contributed by atoms with Crippen LogP contribution >= 0.6 is 11.6 Å². The minimum atomic E-state index is -0.150. The number of benzene rings is 2. The zero-order valence-corrected chi connectivity index (χ0v) is 18.2. The van der Waals surface area contributed by atoms with Gasteiger partial charge in [0.05, 0.1) is 30.9 Å². The number of hydrogen-bond acceptors (Lipinski definition) is 5. The Balaban J connectivity index is 1.51. The van der Waals surface area contributed by atoms with E-state index in [0.29, 0.717) is 28.7 Å². The van der Waals surface area contributed by atoms with Crippen molar-refractivity contribution in [2.75, 3.05) is 46.6 Å². The van der Waals surface area contributed by atoms with Gasteiger partial charge in [-0.05, 0) is 24.3 Å². The number of morpholine rings is 1. The van der Waals surface area contributed by atoms with Gasteiger partial charge in [0.25, 0.3) is 0 Å². The van der Waals surface area contributed by atoms with Gasteiger partial charge >= 0.3 is 0 Å². The maximum absolute atomic E-state index is 12.5. The summed E-state index contributed by atoms with van der Waals surface area (Å²) in [5, 5.41) is 1.43. The van der Waals surface area contributed by atoms with E-state index in [1.807, 2.05) is 29.0 Å². The molecule has 2 heterocycles. The summed E-state index contributed by atoms with van der Waals surface area (Å²) in [4.78, 5) is 14.8. The van der Waals surface area contributed by atoms with Crippen LogP contribution in [0.2, 0.25) is 5.02 Å². The maximum Gasteiger partial charge on any atom is 0.188 e. The van der Waals surface area contributed by atoms with Crippen molar-refractivity contribution in [2.24, 2.45) is 0 Å². The smallest absolute Gasteiger partial charge is 0.188 e. The van der Waals surface area contributed by atoms with Crippen LogP contribution in [0.15, 0.2) is 54.7 Å². The predicted molar refractivity (Wildman–Crippen MR) is 122 cm³/mol. The summed E-state index contributed by atoms with van der Waals surface area (Å²) in [7, 11) is 1.63. The van der Waals surface area contributed by atoms with E-state index >= 15 is 0 Å². The Morgan fingerprint density at radius 1 is 1.16 bits per heavy atom. The van der Waals surface area contributed by atoms with Crippen LogP contribution in [0.1, 0.15) is 10.4 Å². The number of ketones is 1. The number of methoxy groups -OCH3 is 1. The van der Waals surface area contributed by atoms with Crippen LogP contribution in [0.25, 0.3) is 17.1 Å². The van der Waals surface area contributed by atoms with Gasteiger partial charge in [0.15, 0.2) is 17.3 Å². The fourth-order valence-corrected chi connectivity index (χ4v) is 3.80. The van der Waals surface area contributed by atoms with Crippen LogP contribution in [0, 0.1) is 0 Å². The molecule has 1 saturated heterocycles. The van der Waals surface area contributed by atoms with Crippen molar-refractivity contribution < 1.29 is 19.0 Å². The highest BCUT2D eigenvalue weighted by Crippen LogP contribution is 2.33. The fraction of sp³-hybridized carbons (Fsp3) is 0.292. The lowest BCUT2D eigenvalue weighted by Gasteiger charge is -2.26. The number of nitrogens with zero attached hydrogens (tertiary/aromatic N) is 2. The normalized spacial score (nSPS) is 14.9. The summed E-state index contributed by atoms with van der Waals surface area (Å²) < 4.78 is 18.8. The van der Waals surface area contributed by atoms with Crippen molar-refractivity contribution in [3.63, 3.8) is 0 Å². The van der Waals surface area contributed by atoms with E-state index in [1.54, 1.807) is 37.6 Å². The van der Waals surface area contributed by atoms with E-state index < -0.39 is 0 Å². The standard InChI is InChI=1S/C24H25ClN2O4/c1-29-23-16-18-6-8-27(9-7-22(28)19-4-2-3-5-20(19)25)21(18)17-24(23)31-15-12-26-10-13-30-14-11-26/h2-9,16-17H,10-15H2,1H3. The minimum Gasteiger partial charge on any atom is -0.493 e. The van der Waals surface area contributed by atoms with E-state index in [4.69, 9.17) is 25.8 Å². The van der Waals surface area contributed by atoms with Gasteiger partial charge in [-0.1, -0.05) is 23.7 Å². The third kappa shape index (κ3) is 5.10. The molecule has 0 atom stereocenters. The lowest BCUT2D eigenvalue weighted by atomic mass is 10.1. The third-order valence-electron chi connectivity index (χ3n) is 5.30. The van der Waals surface area contributed by atoms with Crippen LogP contribution in [0.4, 0.5) is 0 Å². The van der Waals surface area contributed by atoms with E-state index in [0.717, 1.165) is 43.8 Å². The maximum atomic E-state index is 12.5. The number of fused-ring (bicyclic) bond motifs is 1. The van der Waals surface area contributed by atoms with Crippen molar-refractivity contribution in [3.05, 3.63) is 65.3 Å². The number of halogens is 1. The van der Waals surface area contributed by atoms with Gasteiger partial charge in [-0.15, -0.1) is 0 Å². The summed E-state index contributed by atoms with van der Waals surface area (Å²) >= 11 is 6.13. The summed E-state index contributed by atoms with van der Waals surface area (Å²) in [5.41, 5.74) is 1.40. The van der Waals surface area contributed by atoms with Crippen LogP contribution < -0.4 is 9.47 Å². The van der Waals surface area contributed by atoms with Crippen LogP contribution in [0.5, 0.6) is 11.5 Å². The van der Waals surface area contributed by atoms with Crippen LogP contribution in [0.3, 0.4) is 0 Å². The quantitative estimate of drug-likeness (QED) is 0.384. The van der Waals surface area contributed by atoms with Crippen molar-refractivity contribution in [1.82, 2.24) is 9.47 Å². The molecule has 1 aliphatic heterocycles. The zero-order chi connectivity index (χ0) is 21.6. The Morgan fingerprint density at radius 3 is 2.74 bits per heavy atom. The molecule has 7 heteroatoms. The lowest BCUT2D eigenvalue weighted by Crippen LogP contribution is -2.38. The number of aromatic nitrogens is 1. The second kappa shape index (κ2) is 10.0. The first kappa shape index (κ1) is 21.4. The molecule has 0 unspecified atom stereocenters. The number of ether oxygens (including phenoxy) is 3. The number of hydrogen-bond donors (Lipinski definition) is 0. The van der Waals surface area contributed by atoms with Crippen molar-refractivity contribution in [2.45, 2.75) is 0 Å². The lowest BCUT2D eigenvalue weighted by molar-refractivity contribution is 0.0321. The Labute approximate surface area is 186 Å². The van der Waals surface area contributed by atoms with Crippen molar-refractivity contribution >= 4 is 34.5 Å². The highest BCUT2D eigenvalue weighted by atomic mass is 35.5. The molecule has 6 nitrogen and oxygen atoms in total. The van der Waals surface area contributed by atoms with Crippen molar-refractivity contribution in [3.8, 4) is 11.5 Å². The molecule has 1 fully saturated rings. The van der Waals surface area contributed by atoms with Crippen LogP contribution in [-0.4, -0.2) is 61.8 Å². The third-order valence-corrected chi connectivity index (χ3v) is 5.63. The van der Waals surface area contributed by atoms with Gasteiger partial charge in [0.1, 0.15) is 6.61 Å². The monoisotopic (exact) mass is 440 g/mol. The fourth-order valence-electron chi connectivity index (χ4n) is 3.57. The van der Waals surface area contributed by atoms with Gasteiger partial charge in [0, 0.05) is 55.1 Å². The summed E-state index contributed by atoms with van der Waals surface area (Å²) in [6, 6.07) is 12.9. The molecule has 0 N–H and O–H groups in total. The van der Waals surface area contributed by atoms with Gasteiger partial charge < -0.3 is 18.8 Å². The molecule has 2 aromatic carbocycles. The first-order valence-electron chi connectivity index (χ1n) is 10.2. The molecular formula is C24H25ClN2O4. The van der Waals surface area contributed by atoms with Crippen LogP contribution in [-0.2, 0) is 4.74 Å². The number of carbonyl (C=O) groups is 1. The zero-order valence-electron chi connectivity index (χ0n) is 17.4. The first-order valence-corrected chi connectivity index (χ1v) is 10.6. The molecule has 1 aromatic heterocycles. The summed E-state index contributed by atoms with van der Waals surface area (Å²) in [5.74, 6) is 1.21. The summed E-state index contributed by atoms with van der Waals surface area (Å²) in [6.07, 6.45) is 5.15. The Bertz CT molecular complexity index is 1090. The predicted octanol–water partition coefficient (Wildman–Crippen LogP) is 4.37. The number of allylic oxidation sites excluding steroid dienone is 1. The SMILES string of the molecule is COc1cc2ccn(C=CC(=O)c3ccccc3Cl)c2cc1OCCN1CCOCC1. The van der Waals surface area contributed by atoms with Crippen molar-refractivity contribution in [1.29, 1.82) is 0 Å². The van der Waals surface area contributed by atoms with Gasteiger partial charge in [-0.25, -0.2) is 0 Å². The van der Waals surface area contributed by atoms with Gasteiger partial charge in [-0.2, -0.15) is 0 Å².